The summed E-state index contributed by atoms with van der Waals surface area (Å²) >= 11 is 0. The maximum atomic E-state index is 13.0. The summed E-state index contributed by atoms with van der Waals surface area (Å²) in [4.78, 5) is 12.9. The number of carbonyl (C=O) groups is 1. The predicted octanol–water partition coefficient (Wildman–Crippen LogP) is 2.00. The molecule has 0 aromatic heterocycles. The van der Waals surface area contributed by atoms with E-state index in [1.807, 2.05) is 0 Å². The summed E-state index contributed by atoms with van der Waals surface area (Å²) in [6.45, 7) is -0.122. The molecule has 0 atom stereocenters. The van der Waals surface area contributed by atoms with Gasteiger partial charge in [-0.05, 0) is 31.0 Å². The second-order valence-electron chi connectivity index (χ2n) is 4.97. The van der Waals surface area contributed by atoms with Crippen molar-refractivity contribution < 1.29 is 18.0 Å². The Morgan fingerprint density at radius 2 is 2.10 bits per heavy atom. The van der Waals surface area contributed by atoms with Crippen LogP contribution in [0.5, 0.6) is 0 Å². The third-order valence-electron chi connectivity index (χ3n) is 3.06. The van der Waals surface area contributed by atoms with Crippen molar-refractivity contribution in [2.24, 2.45) is 0 Å². The molecule has 1 aromatic rings. The summed E-state index contributed by atoms with van der Waals surface area (Å²) in [5, 5.41) is 2.74. The molecule has 0 heterocycles. The Kier molecular flexibility index (Phi) is 3.78. The number of rotatable bonds is 4. The molecular formula is C13H16F3N3O. The first kappa shape index (κ1) is 14.5. The van der Waals surface area contributed by atoms with Gasteiger partial charge in [-0.2, -0.15) is 13.2 Å². The van der Waals surface area contributed by atoms with Crippen molar-refractivity contribution in [2.75, 3.05) is 24.2 Å². The van der Waals surface area contributed by atoms with Gasteiger partial charge in [0, 0.05) is 24.5 Å². The van der Waals surface area contributed by atoms with Crippen LogP contribution in [0.15, 0.2) is 18.2 Å². The second-order valence-corrected chi connectivity index (χ2v) is 4.97. The van der Waals surface area contributed by atoms with Gasteiger partial charge in [0.05, 0.1) is 12.1 Å². The Morgan fingerprint density at radius 1 is 1.45 bits per heavy atom. The first-order valence-corrected chi connectivity index (χ1v) is 6.24. The van der Waals surface area contributed by atoms with E-state index < -0.39 is 11.7 Å². The number of nitrogens with one attached hydrogen (secondary N) is 1. The normalized spacial score (nSPS) is 15.0. The summed E-state index contributed by atoms with van der Waals surface area (Å²) in [5.41, 5.74) is 4.55. The van der Waals surface area contributed by atoms with E-state index in [-0.39, 0.29) is 29.9 Å². The topological polar surface area (TPSA) is 58.4 Å². The largest absolute Gasteiger partial charge is 0.418 e. The maximum Gasteiger partial charge on any atom is 0.418 e. The van der Waals surface area contributed by atoms with E-state index in [1.165, 1.54) is 24.1 Å². The molecule has 0 spiro atoms. The fraction of sp³-hybridized carbons (Fsp3) is 0.462. The predicted molar refractivity (Wildman–Crippen MR) is 70.3 cm³/mol. The minimum atomic E-state index is -4.51. The van der Waals surface area contributed by atoms with Crippen LogP contribution in [0, 0.1) is 0 Å². The summed E-state index contributed by atoms with van der Waals surface area (Å²) in [6.07, 6.45) is -2.64. The highest BCUT2D eigenvalue weighted by atomic mass is 19.4. The van der Waals surface area contributed by atoms with Crippen molar-refractivity contribution in [3.05, 3.63) is 23.8 Å². The standard InChI is InChI=1S/C13H16F3N3O/c1-19(7-12(20)18-9-3-4-9)11-5-2-8(17)6-10(11)13(14,15)16/h2,5-6,9H,3-4,7,17H2,1H3,(H,18,20). The van der Waals surface area contributed by atoms with Gasteiger partial charge in [0.25, 0.3) is 0 Å². The third kappa shape index (κ3) is 3.55. The van der Waals surface area contributed by atoms with Gasteiger partial charge in [-0.3, -0.25) is 4.79 Å². The number of nitrogens with two attached hydrogens (primary N) is 1. The molecule has 7 heteroatoms. The summed E-state index contributed by atoms with van der Waals surface area (Å²) in [5.74, 6) is -0.278. The molecule has 4 nitrogen and oxygen atoms in total. The zero-order valence-electron chi connectivity index (χ0n) is 11.0. The van der Waals surface area contributed by atoms with E-state index in [2.05, 4.69) is 5.32 Å². The van der Waals surface area contributed by atoms with Crippen LogP contribution in [0.2, 0.25) is 0 Å². The molecule has 1 aliphatic rings. The molecular weight excluding hydrogens is 271 g/mol. The molecule has 1 aromatic carbocycles. The number of benzene rings is 1. The number of nitrogens with zero attached hydrogens (tertiary/aromatic N) is 1. The highest BCUT2D eigenvalue weighted by molar-refractivity contribution is 5.82. The van der Waals surface area contributed by atoms with Crippen LogP contribution in [-0.2, 0) is 11.0 Å². The lowest BCUT2D eigenvalue weighted by molar-refractivity contribution is -0.137. The lowest BCUT2D eigenvalue weighted by Gasteiger charge is -2.23. The molecule has 3 N–H and O–H groups in total. The average Bonchev–Trinajstić information content (AvgIpc) is 3.11. The van der Waals surface area contributed by atoms with Gasteiger partial charge < -0.3 is 16.0 Å². The van der Waals surface area contributed by atoms with Crippen LogP contribution in [0.4, 0.5) is 24.5 Å². The molecule has 20 heavy (non-hydrogen) atoms. The SMILES string of the molecule is CN(CC(=O)NC1CC1)c1ccc(N)cc1C(F)(F)F. The Balaban J connectivity index is 2.15. The number of hydrogen-bond donors (Lipinski definition) is 2. The van der Waals surface area contributed by atoms with Crippen LogP contribution in [0.25, 0.3) is 0 Å². The quantitative estimate of drug-likeness (QED) is 0.833. The molecule has 1 fully saturated rings. The number of alkyl halides is 3. The number of carbonyl (C=O) groups excluding carboxylic acids is 1. The molecule has 0 aliphatic heterocycles. The maximum absolute atomic E-state index is 13.0. The van der Waals surface area contributed by atoms with Gasteiger partial charge in [0.1, 0.15) is 0 Å². The van der Waals surface area contributed by atoms with Crippen molar-refractivity contribution in [1.82, 2.24) is 5.32 Å². The molecule has 1 saturated carbocycles. The zero-order valence-corrected chi connectivity index (χ0v) is 11.0. The fourth-order valence-electron chi connectivity index (χ4n) is 1.92. The van der Waals surface area contributed by atoms with E-state index in [0.29, 0.717) is 0 Å². The number of amides is 1. The second kappa shape index (κ2) is 5.22. The van der Waals surface area contributed by atoms with Crippen LogP contribution < -0.4 is 16.0 Å². The number of hydrogen-bond acceptors (Lipinski definition) is 3. The number of halogens is 3. The smallest absolute Gasteiger partial charge is 0.399 e. The summed E-state index contributed by atoms with van der Waals surface area (Å²) in [6, 6.07) is 3.73. The van der Waals surface area contributed by atoms with Crippen LogP contribution in [0.1, 0.15) is 18.4 Å². The lowest BCUT2D eigenvalue weighted by atomic mass is 10.1. The van der Waals surface area contributed by atoms with Gasteiger partial charge in [-0.15, -0.1) is 0 Å². The molecule has 0 bridgehead atoms. The molecule has 1 aliphatic carbocycles. The van der Waals surface area contributed by atoms with Crippen molar-refractivity contribution in [2.45, 2.75) is 25.1 Å². The molecule has 2 rings (SSSR count). The molecule has 110 valence electrons. The van der Waals surface area contributed by atoms with Crippen molar-refractivity contribution in [3.63, 3.8) is 0 Å². The van der Waals surface area contributed by atoms with Gasteiger partial charge in [0.2, 0.25) is 5.91 Å². The number of nitrogen functional groups attached to an aromatic ring is 1. The summed E-state index contributed by atoms with van der Waals surface area (Å²) in [7, 11) is 1.45. The highest BCUT2D eigenvalue weighted by Gasteiger charge is 2.35. The van der Waals surface area contributed by atoms with E-state index in [4.69, 9.17) is 5.73 Å². The number of likely N-dealkylation sites (N-methyl/N-ethyl adjacent to an activating group) is 1. The zero-order chi connectivity index (χ0) is 14.9. The minimum absolute atomic E-state index is 0.0388. The van der Waals surface area contributed by atoms with Gasteiger partial charge in [-0.25, -0.2) is 0 Å². The Morgan fingerprint density at radius 3 is 2.65 bits per heavy atom. The Bertz CT molecular complexity index is 512. The van der Waals surface area contributed by atoms with Crippen LogP contribution >= 0.6 is 0 Å². The van der Waals surface area contributed by atoms with Crippen molar-refractivity contribution in [3.8, 4) is 0 Å². The molecule has 0 unspecified atom stereocenters. The van der Waals surface area contributed by atoms with Crippen LogP contribution in [0.3, 0.4) is 0 Å². The van der Waals surface area contributed by atoms with E-state index in [1.54, 1.807) is 0 Å². The minimum Gasteiger partial charge on any atom is -0.399 e. The number of anilines is 2. The average molecular weight is 287 g/mol. The fourth-order valence-corrected chi connectivity index (χ4v) is 1.92. The van der Waals surface area contributed by atoms with E-state index in [9.17, 15) is 18.0 Å². The van der Waals surface area contributed by atoms with Crippen molar-refractivity contribution >= 4 is 17.3 Å². The third-order valence-corrected chi connectivity index (χ3v) is 3.06. The molecule has 1 amide bonds. The Labute approximate surface area is 114 Å². The molecule has 0 radical (unpaired) electrons. The van der Waals surface area contributed by atoms with Gasteiger partial charge >= 0.3 is 6.18 Å². The monoisotopic (exact) mass is 287 g/mol. The Hall–Kier alpha value is -1.92. The van der Waals surface area contributed by atoms with E-state index >= 15 is 0 Å². The van der Waals surface area contributed by atoms with Crippen molar-refractivity contribution in [1.29, 1.82) is 0 Å². The van der Waals surface area contributed by atoms with Gasteiger partial charge in [0.15, 0.2) is 0 Å². The highest BCUT2D eigenvalue weighted by Crippen LogP contribution is 2.37. The van der Waals surface area contributed by atoms with E-state index in [0.717, 1.165) is 18.9 Å². The first-order chi connectivity index (χ1) is 9.27. The summed E-state index contributed by atoms with van der Waals surface area (Å²) < 4.78 is 38.9. The van der Waals surface area contributed by atoms with Crippen LogP contribution in [-0.4, -0.2) is 25.5 Å². The molecule has 0 saturated heterocycles. The van der Waals surface area contributed by atoms with Gasteiger partial charge in [-0.1, -0.05) is 0 Å². The first-order valence-electron chi connectivity index (χ1n) is 6.24. The lowest BCUT2D eigenvalue weighted by Crippen LogP contribution is -2.37.